The molecule has 1 fully saturated rings. The average Bonchev–Trinajstić information content (AvgIpc) is 2.21. The average molecular weight is 236 g/mol. The molecule has 1 amide bonds. The van der Waals surface area contributed by atoms with Crippen LogP contribution in [-0.4, -0.2) is 11.9 Å². The molecule has 0 bridgehead atoms. The van der Waals surface area contributed by atoms with Gasteiger partial charge < -0.3 is 5.32 Å². The minimum absolute atomic E-state index is 0.0234. The van der Waals surface area contributed by atoms with Crippen molar-refractivity contribution in [2.75, 3.05) is 0 Å². The zero-order valence-corrected chi connectivity index (χ0v) is 9.70. The highest BCUT2D eigenvalue weighted by atomic mass is 35.5. The van der Waals surface area contributed by atoms with Crippen LogP contribution in [0.3, 0.4) is 0 Å². The van der Waals surface area contributed by atoms with E-state index in [4.69, 9.17) is 11.6 Å². The van der Waals surface area contributed by atoms with Gasteiger partial charge in [-0.15, -0.1) is 0 Å². The Morgan fingerprint density at radius 3 is 2.88 bits per heavy atom. The molecule has 1 aliphatic rings. The van der Waals surface area contributed by atoms with Crippen LogP contribution in [0.2, 0.25) is 5.02 Å². The zero-order chi connectivity index (χ0) is 11.4. The normalized spacial score (nSPS) is 16.1. The van der Waals surface area contributed by atoms with E-state index in [2.05, 4.69) is 5.32 Å². The Morgan fingerprint density at radius 1 is 1.44 bits per heavy atom. The number of nitrogens with one attached hydrogen (secondary N) is 1. The van der Waals surface area contributed by atoms with Gasteiger partial charge in [0.05, 0.1) is 0 Å². The van der Waals surface area contributed by atoms with E-state index in [0.717, 1.165) is 18.4 Å². The van der Waals surface area contributed by atoms with E-state index in [0.29, 0.717) is 11.1 Å². The lowest BCUT2D eigenvalue weighted by molar-refractivity contribution is -0.117. The van der Waals surface area contributed by atoms with Crippen molar-refractivity contribution in [2.24, 2.45) is 0 Å². The third-order valence-electron chi connectivity index (χ3n) is 2.73. The van der Waals surface area contributed by atoms with Gasteiger partial charge in [-0.3, -0.25) is 4.79 Å². The van der Waals surface area contributed by atoms with Crippen LogP contribution in [0.4, 0.5) is 0 Å². The monoisotopic (exact) mass is 235 g/mol. The van der Waals surface area contributed by atoms with E-state index in [1.807, 2.05) is 24.3 Å². The summed E-state index contributed by atoms with van der Waals surface area (Å²) in [6.07, 6.45) is 6.78. The Balaban J connectivity index is 1.90. The summed E-state index contributed by atoms with van der Waals surface area (Å²) in [6.45, 7) is 0. The number of hydrogen-bond acceptors (Lipinski definition) is 1. The molecule has 0 radical (unpaired) electrons. The third-order valence-corrected chi connectivity index (χ3v) is 2.96. The predicted molar refractivity (Wildman–Crippen MR) is 66.3 cm³/mol. The molecule has 0 aliphatic heterocycles. The molecule has 1 aromatic carbocycles. The van der Waals surface area contributed by atoms with Crippen molar-refractivity contribution in [1.82, 2.24) is 5.32 Å². The van der Waals surface area contributed by atoms with Gasteiger partial charge in [-0.05, 0) is 43.0 Å². The van der Waals surface area contributed by atoms with E-state index in [9.17, 15) is 4.79 Å². The number of amides is 1. The van der Waals surface area contributed by atoms with Gasteiger partial charge in [-0.1, -0.05) is 23.7 Å². The molecule has 0 heterocycles. The summed E-state index contributed by atoms with van der Waals surface area (Å²) >= 11 is 5.84. The van der Waals surface area contributed by atoms with Gasteiger partial charge in [0.15, 0.2) is 0 Å². The highest BCUT2D eigenvalue weighted by Gasteiger charge is 2.17. The molecule has 0 unspecified atom stereocenters. The van der Waals surface area contributed by atoms with Crippen LogP contribution in [0, 0.1) is 0 Å². The lowest BCUT2D eigenvalue weighted by atomic mass is 9.93. The largest absolute Gasteiger partial charge is 0.350 e. The molecule has 1 aromatic rings. The van der Waals surface area contributed by atoms with Gasteiger partial charge in [0, 0.05) is 17.1 Å². The van der Waals surface area contributed by atoms with Crippen molar-refractivity contribution in [3.63, 3.8) is 0 Å². The molecule has 0 spiro atoms. The van der Waals surface area contributed by atoms with E-state index in [1.165, 1.54) is 6.42 Å². The molecule has 1 aliphatic carbocycles. The lowest BCUT2D eigenvalue weighted by Gasteiger charge is -2.25. The van der Waals surface area contributed by atoms with Crippen molar-refractivity contribution in [3.05, 3.63) is 40.9 Å². The van der Waals surface area contributed by atoms with E-state index >= 15 is 0 Å². The van der Waals surface area contributed by atoms with E-state index < -0.39 is 0 Å². The standard InChI is InChI=1S/C13H14ClNO/c14-11-4-1-3-10(9-11)7-8-13(16)15-12-5-2-6-12/h1,3-4,7-9,12H,2,5-6H2,(H,15,16). The first kappa shape index (κ1) is 11.2. The van der Waals surface area contributed by atoms with E-state index in [-0.39, 0.29) is 5.91 Å². The number of hydrogen-bond donors (Lipinski definition) is 1. The number of benzene rings is 1. The van der Waals surface area contributed by atoms with Crippen LogP contribution in [0.15, 0.2) is 30.3 Å². The quantitative estimate of drug-likeness (QED) is 0.802. The maximum Gasteiger partial charge on any atom is 0.244 e. The second-order valence-corrected chi connectivity index (χ2v) is 4.46. The van der Waals surface area contributed by atoms with Crippen LogP contribution in [0.1, 0.15) is 24.8 Å². The third kappa shape index (κ3) is 3.11. The van der Waals surface area contributed by atoms with Crippen LogP contribution in [0.5, 0.6) is 0 Å². The Hall–Kier alpha value is -1.28. The first-order valence-corrected chi connectivity index (χ1v) is 5.86. The van der Waals surface area contributed by atoms with Crippen LogP contribution in [-0.2, 0) is 4.79 Å². The van der Waals surface area contributed by atoms with Gasteiger partial charge >= 0.3 is 0 Å². The van der Waals surface area contributed by atoms with Gasteiger partial charge in [-0.25, -0.2) is 0 Å². The fraction of sp³-hybridized carbons (Fsp3) is 0.308. The molecule has 16 heavy (non-hydrogen) atoms. The Labute approximate surface area is 100 Å². The Bertz CT molecular complexity index is 410. The van der Waals surface area contributed by atoms with Gasteiger partial charge in [0.25, 0.3) is 0 Å². The fourth-order valence-corrected chi connectivity index (χ4v) is 1.78. The number of carbonyl (C=O) groups excluding carboxylic acids is 1. The Morgan fingerprint density at radius 2 is 2.25 bits per heavy atom. The SMILES string of the molecule is O=C(C=Cc1cccc(Cl)c1)NC1CCC1. The molecule has 1 saturated carbocycles. The van der Waals surface area contributed by atoms with Gasteiger partial charge in [0.2, 0.25) is 5.91 Å². The molecular weight excluding hydrogens is 222 g/mol. The smallest absolute Gasteiger partial charge is 0.244 e. The van der Waals surface area contributed by atoms with Gasteiger partial charge in [0.1, 0.15) is 0 Å². The van der Waals surface area contributed by atoms with Crippen molar-refractivity contribution >= 4 is 23.6 Å². The summed E-state index contributed by atoms with van der Waals surface area (Å²) in [6, 6.07) is 7.81. The minimum Gasteiger partial charge on any atom is -0.350 e. The maximum atomic E-state index is 11.5. The molecule has 0 saturated heterocycles. The maximum absolute atomic E-state index is 11.5. The van der Waals surface area contributed by atoms with Crippen molar-refractivity contribution in [3.8, 4) is 0 Å². The second kappa shape index (κ2) is 5.17. The summed E-state index contributed by atoms with van der Waals surface area (Å²) in [7, 11) is 0. The Kier molecular flexibility index (Phi) is 3.62. The summed E-state index contributed by atoms with van der Waals surface area (Å²) in [5.41, 5.74) is 0.941. The van der Waals surface area contributed by atoms with Gasteiger partial charge in [-0.2, -0.15) is 0 Å². The number of carbonyl (C=O) groups is 1. The fourth-order valence-electron chi connectivity index (χ4n) is 1.58. The molecule has 3 heteroatoms. The first-order valence-electron chi connectivity index (χ1n) is 5.48. The highest BCUT2D eigenvalue weighted by Crippen LogP contribution is 2.18. The molecule has 2 nitrogen and oxygen atoms in total. The number of halogens is 1. The second-order valence-electron chi connectivity index (χ2n) is 4.02. The van der Waals surface area contributed by atoms with E-state index in [1.54, 1.807) is 12.2 Å². The first-order chi connectivity index (χ1) is 7.74. The summed E-state index contributed by atoms with van der Waals surface area (Å²) < 4.78 is 0. The summed E-state index contributed by atoms with van der Waals surface area (Å²) in [5, 5.41) is 3.62. The van der Waals surface area contributed by atoms with Crippen LogP contribution in [0.25, 0.3) is 6.08 Å². The van der Waals surface area contributed by atoms with Crippen molar-refractivity contribution < 1.29 is 4.79 Å². The summed E-state index contributed by atoms with van der Waals surface area (Å²) in [4.78, 5) is 11.5. The molecule has 0 atom stereocenters. The zero-order valence-electron chi connectivity index (χ0n) is 8.95. The molecular formula is C13H14ClNO. The lowest BCUT2D eigenvalue weighted by Crippen LogP contribution is -2.38. The van der Waals surface area contributed by atoms with Crippen molar-refractivity contribution in [1.29, 1.82) is 0 Å². The predicted octanol–water partition coefficient (Wildman–Crippen LogP) is 3.02. The van der Waals surface area contributed by atoms with Crippen molar-refractivity contribution in [2.45, 2.75) is 25.3 Å². The molecule has 2 rings (SSSR count). The van der Waals surface area contributed by atoms with Crippen LogP contribution < -0.4 is 5.32 Å². The van der Waals surface area contributed by atoms with Crippen LogP contribution >= 0.6 is 11.6 Å². The molecule has 0 aromatic heterocycles. The summed E-state index contributed by atoms with van der Waals surface area (Å²) in [5.74, 6) is -0.0234. The topological polar surface area (TPSA) is 29.1 Å². The molecule has 84 valence electrons. The molecule has 1 N–H and O–H groups in total. The number of rotatable bonds is 3. The minimum atomic E-state index is -0.0234. The highest BCUT2D eigenvalue weighted by molar-refractivity contribution is 6.30.